The van der Waals surface area contributed by atoms with Crippen molar-refractivity contribution in [3.8, 4) is 0 Å². The highest BCUT2D eigenvalue weighted by Crippen LogP contribution is 2.24. The second-order valence-corrected chi connectivity index (χ2v) is 4.61. The Bertz CT molecular complexity index is 730. The second-order valence-electron chi connectivity index (χ2n) is 4.61. The summed E-state index contributed by atoms with van der Waals surface area (Å²) in [7, 11) is 0. The first-order valence-electron chi connectivity index (χ1n) is 5.78. The molecule has 17 heavy (non-hydrogen) atoms. The van der Waals surface area contributed by atoms with Crippen LogP contribution in [0.25, 0.3) is 21.8 Å². The lowest BCUT2D eigenvalue weighted by Crippen LogP contribution is -1.91. The predicted octanol–water partition coefficient (Wildman–Crippen LogP) is 3.71. The molecule has 0 saturated heterocycles. The van der Waals surface area contributed by atoms with Crippen LogP contribution in [0, 0.1) is 20.8 Å². The first-order chi connectivity index (χ1) is 8.15. The third kappa shape index (κ3) is 1.57. The van der Waals surface area contributed by atoms with E-state index in [2.05, 4.69) is 48.1 Å². The molecule has 3 rings (SSSR count). The SMILES string of the molecule is Cc1cnc2c(ccc3cc(C)c(C)nc32)c1. The van der Waals surface area contributed by atoms with Crippen molar-refractivity contribution < 1.29 is 0 Å². The predicted molar refractivity (Wildman–Crippen MR) is 71.3 cm³/mol. The zero-order chi connectivity index (χ0) is 12.0. The minimum atomic E-state index is 0.996. The lowest BCUT2D eigenvalue weighted by molar-refractivity contribution is 1.19. The molecule has 0 N–H and O–H groups in total. The molecule has 0 aliphatic heterocycles. The molecule has 0 saturated carbocycles. The Labute approximate surface area is 100 Å². The van der Waals surface area contributed by atoms with E-state index < -0.39 is 0 Å². The van der Waals surface area contributed by atoms with Crippen LogP contribution in [0.2, 0.25) is 0 Å². The number of rotatable bonds is 0. The smallest absolute Gasteiger partial charge is 0.0967 e. The highest BCUT2D eigenvalue weighted by molar-refractivity contribution is 6.02. The van der Waals surface area contributed by atoms with Gasteiger partial charge in [0.15, 0.2) is 0 Å². The van der Waals surface area contributed by atoms with Gasteiger partial charge in [-0.25, -0.2) is 0 Å². The van der Waals surface area contributed by atoms with E-state index in [-0.39, 0.29) is 0 Å². The van der Waals surface area contributed by atoms with Crippen molar-refractivity contribution >= 4 is 21.8 Å². The minimum absolute atomic E-state index is 0.996. The van der Waals surface area contributed by atoms with Crippen molar-refractivity contribution in [1.29, 1.82) is 0 Å². The fourth-order valence-corrected chi connectivity index (χ4v) is 2.14. The molecule has 2 aromatic heterocycles. The zero-order valence-electron chi connectivity index (χ0n) is 10.3. The van der Waals surface area contributed by atoms with Gasteiger partial charge in [0.1, 0.15) is 0 Å². The Balaban J connectivity index is 2.50. The van der Waals surface area contributed by atoms with Gasteiger partial charge in [-0.05, 0) is 44.0 Å². The van der Waals surface area contributed by atoms with E-state index in [1.165, 1.54) is 11.1 Å². The summed E-state index contributed by atoms with van der Waals surface area (Å²) in [6, 6.07) is 8.57. The van der Waals surface area contributed by atoms with Crippen LogP contribution in [0.1, 0.15) is 16.8 Å². The van der Waals surface area contributed by atoms with Gasteiger partial charge in [0.25, 0.3) is 0 Å². The number of hydrogen-bond acceptors (Lipinski definition) is 2. The van der Waals surface area contributed by atoms with Gasteiger partial charge < -0.3 is 0 Å². The van der Waals surface area contributed by atoms with Crippen LogP contribution in [0.3, 0.4) is 0 Å². The summed E-state index contributed by atoms with van der Waals surface area (Å²) in [5.41, 5.74) is 5.49. The van der Waals surface area contributed by atoms with Crippen molar-refractivity contribution in [2.75, 3.05) is 0 Å². The van der Waals surface area contributed by atoms with Gasteiger partial charge in [-0.1, -0.05) is 12.1 Å². The van der Waals surface area contributed by atoms with E-state index in [1.54, 1.807) is 0 Å². The third-order valence-electron chi connectivity index (χ3n) is 3.22. The van der Waals surface area contributed by atoms with Crippen LogP contribution in [0.4, 0.5) is 0 Å². The summed E-state index contributed by atoms with van der Waals surface area (Å²) in [4.78, 5) is 9.19. The molecule has 0 atom stereocenters. The molecule has 2 nitrogen and oxygen atoms in total. The Morgan fingerprint density at radius 3 is 2.35 bits per heavy atom. The summed E-state index contributed by atoms with van der Waals surface area (Å²) in [6.07, 6.45) is 1.90. The Hall–Kier alpha value is -1.96. The van der Waals surface area contributed by atoms with E-state index in [0.29, 0.717) is 0 Å². The van der Waals surface area contributed by atoms with Gasteiger partial charge in [0, 0.05) is 22.7 Å². The van der Waals surface area contributed by atoms with Gasteiger partial charge in [0.05, 0.1) is 11.0 Å². The van der Waals surface area contributed by atoms with Crippen molar-refractivity contribution in [3.05, 3.63) is 47.3 Å². The van der Waals surface area contributed by atoms with E-state index >= 15 is 0 Å². The van der Waals surface area contributed by atoms with Crippen LogP contribution in [-0.2, 0) is 0 Å². The van der Waals surface area contributed by atoms with Gasteiger partial charge in [-0.15, -0.1) is 0 Å². The van der Waals surface area contributed by atoms with E-state index in [1.807, 2.05) is 13.1 Å². The van der Waals surface area contributed by atoms with Crippen LogP contribution in [0.5, 0.6) is 0 Å². The first kappa shape index (κ1) is 10.2. The molecule has 2 heterocycles. The Morgan fingerprint density at radius 1 is 0.882 bits per heavy atom. The molecule has 1 aromatic carbocycles. The summed E-state index contributed by atoms with van der Waals surface area (Å²) in [5, 5.41) is 2.32. The molecular formula is C15H14N2. The summed E-state index contributed by atoms with van der Waals surface area (Å²) < 4.78 is 0. The molecule has 0 aliphatic carbocycles. The lowest BCUT2D eigenvalue weighted by Gasteiger charge is -2.06. The maximum absolute atomic E-state index is 4.67. The van der Waals surface area contributed by atoms with Crippen LogP contribution < -0.4 is 0 Å². The van der Waals surface area contributed by atoms with E-state index in [4.69, 9.17) is 0 Å². The Morgan fingerprint density at radius 2 is 1.59 bits per heavy atom. The Kier molecular flexibility index (Phi) is 2.11. The summed E-state index contributed by atoms with van der Waals surface area (Å²) in [5.74, 6) is 0. The molecule has 0 spiro atoms. The van der Waals surface area contributed by atoms with Crippen LogP contribution >= 0.6 is 0 Å². The molecule has 3 aromatic rings. The number of nitrogens with zero attached hydrogens (tertiary/aromatic N) is 2. The molecule has 0 unspecified atom stereocenters. The molecule has 2 heteroatoms. The molecule has 0 aliphatic rings. The molecular weight excluding hydrogens is 208 g/mol. The van der Waals surface area contributed by atoms with Crippen molar-refractivity contribution in [2.45, 2.75) is 20.8 Å². The van der Waals surface area contributed by atoms with Crippen molar-refractivity contribution in [3.63, 3.8) is 0 Å². The monoisotopic (exact) mass is 222 g/mol. The van der Waals surface area contributed by atoms with Gasteiger partial charge >= 0.3 is 0 Å². The fraction of sp³-hybridized carbons (Fsp3) is 0.200. The minimum Gasteiger partial charge on any atom is -0.254 e. The maximum atomic E-state index is 4.67. The standard InChI is InChI=1S/C15H14N2/c1-9-6-12-4-5-13-7-10(2)11(3)17-15(13)14(12)16-8-9/h4-8H,1-3H3. The number of hydrogen-bond donors (Lipinski definition) is 0. The quantitative estimate of drug-likeness (QED) is 0.542. The van der Waals surface area contributed by atoms with E-state index in [0.717, 1.165) is 27.5 Å². The number of fused-ring (bicyclic) bond motifs is 3. The number of pyridine rings is 2. The molecule has 0 bridgehead atoms. The van der Waals surface area contributed by atoms with Gasteiger partial charge in [-0.3, -0.25) is 9.97 Å². The molecule has 0 radical (unpaired) electrons. The van der Waals surface area contributed by atoms with E-state index in [9.17, 15) is 0 Å². The summed E-state index contributed by atoms with van der Waals surface area (Å²) in [6.45, 7) is 6.20. The maximum Gasteiger partial charge on any atom is 0.0967 e. The zero-order valence-corrected chi connectivity index (χ0v) is 10.3. The third-order valence-corrected chi connectivity index (χ3v) is 3.22. The normalized spacial score (nSPS) is 11.2. The highest BCUT2D eigenvalue weighted by atomic mass is 14.7. The summed E-state index contributed by atoms with van der Waals surface area (Å²) >= 11 is 0. The average Bonchev–Trinajstić information content (AvgIpc) is 2.30. The molecule has 0 fully saturated rings. The largest absolute Gasteiger partial charge is 0.254 e. The first-order valence-corrected chi connectivity index (χ1v) is 5.78. The van der Waals surface area contributed by atoms with Gasteiger partial charge in [0.2, 0.25) is 0 Å². The second kappa shape index (κ2) is 3.52. The van der Waals surface area contributed by atoms with Crippen molar-refractivity contribution in [1.82, 2.24) is 9.97 Å². The lowest BCUT2D eigenvalue weighted by atomic mass is 10.1. The fourth-order valence-electron chi connectivity index (χ4n) is 2.14. The van der Waals surface area contributed by atoms with Gasteiger partial charge in [-0.2, -0.15) is 0 Å². The number of aromatic nitrogens is 2. The van der Waals surface area contributed by atoms with Crippen LogP contribution in [0.15, 0.2) is 30.5 Å². The number of benzene rings is 1. The van der Waals surface area contributed by atoms with Crippen LogP contribution in [-0.4, -0.2) is 9.97 Å². The molecule has 84 valence electrons. The highest BCUT2D eigenvalue weighted by Gasteiger charge is 2.05. The molecule has 0 amide bonds. The van der Waals surface area contributed by atoms with Crippen molar-refractivity contribution in [2.24, 2.45) is 0 Å². The number of aryl methyl sites for hydroxylation is 3. The topological polar surface area (TPSA) is 25.8 Å². The average molecular weight is 222 g/mol.